The van der Waals surface area contributed by atoms with Gasteiger partial charge in [-0.25, -0.2) is 4.39 Å². The number of Topliss-reactive ketones (excluding diaryl/α,β-unsaturated/α-hetero) is 1. The predicted octanol–water partition coefficient (Wildman–Crippen LogP) is 2.67. The first kappa shape index (κ1) is 16.2. The van der Waals surface area contributed by atoms with Crippen LogP contribution in [-0.4, -0.2) is 42.8 Å². The van der Waals surface area contributed by atoms with Gasteiger partial charge in [-0.05, 0) is 19.1 Å². The molecule has 5 heteroatoms. The first-order valence-electron chi connectivity index (χ1n) is 7.96. The molecule has 1 aliphatic rings. The summed E-state index contributed by atoms with van der Waals surface area (Å²) in [6, 6.07) is 13.6. The van der Waals surface area contributed by atoms with E-state index in [0.29, 0.717) is 37.4 Å². The van der Waals surface area contributed by atoms with Gasteiger partial charge in [-0.2, -0.15) is 0 Å². The van der Waals surface area contributed by atoms with Gasteiger partial charge in [-0.15, -0.1) is 0 Å². The van der Waals surface area contributed by atoms with Gasteiger partial charge in [-0.1, -0.05) is 42.0 Å². The van der Waals surface area contributed by atoms with Crippen molar-refractivity contribution in [2.45, 2.75) is 6.92 Å². The SMILES string of the molecule is Cc1ccc(C(=O)C(=O)N2CCN(c3ccccc3F)CC2)cc1. The lowest BCUT2D eigenvalue weighted by Crippen LogP contribution is -2.50. The highest BCUT2D eigenvalue weighted by Gasteiger charge is 2.27. The highest BCUT2D eigenvalue weighted by Crippen LogP contribution is 2.20. The van der Waals surface area contributed by atoms with Crippen LogP contribution in [0.3, 0.4) is 0 Å². The highest BCUT2D eigenvalue weighted by molar-refractivity contribution is 6.42. The summed E-state index contributed by atoms with van der Waals surface area (Å²) in [6.07, 6.45) is 0. The number of carbonyl (C=O) groups excluding carboxylic acids is 2. The van der Waals surface area contributed by atoms with Crippen LogP contribution in [0.1, 0.15) is 15.9 Å². The fraction of sp³-hybridized carbons (Fsp3) is 0.263. The van der Waals surface area contributed by atoms with E-state index in [1.54, 1.807) is 35.2 Å². The minimum absolute atomic E-state index is 0.270. The number of ketones is 1. The lowest BCUT2D eigenvalue weighted by Gasteiger charge is -2.35. The van der Waals surface area contributed by atoms with Crippen molar-refractivity contribution < 1.29 is 14.0 Å². The van der Waals surface area contributed by atoms with Crippen molar-refractivity contribution in [3.8, 4) is 0 Å². The number of halogens is 1. The maximum Gasteiger partial charge on any atom is 0.295 e. The van der Waals surface area contributed by atoms with E-state index in [9.17, 15) is 14.0 Å². The summed E-state index contributed by atoms with van der Waals surface area (Å²) in [5.74, 6) is -1.26. The van der Waals surface area contributed by atoms with E-state index in [2.05, 4.69) is 0 Å². The molecule has 0 aromatic heterocycles. The smallest absolute Gasteiger partial charge is 0.295 e. The number of carbonyl (C=O) groups is 2. The Morgan fingerprint density at radius 1 is 0.917 bits per heavy atom. The molecule has 0 saturated carbocycles. The molecule has 2 aromatic rings. The standard InChI is InChI=1S/C19H19FN2O2/c1-14-6-8-15(9-7-14)18(23)19(24)22-12-10-21(11-13-22)17-5-3-2-4-16(17)20/h2-9H,10-13H2,1H3. The number of hydrogen-bond donors (Lipinski definition) is 0. The lowest BCUT2D eigenvalue weighted by atomic mass is 10.1. The van der Waals surface area contributed by atoms with E-state index < -0.39 is 11.7 Å². The van der Waals surface area contributed by atoms with Crippen LogP contribution < -0.4 is 4.90 Å². The quantitative estimate of drug-likeness (QED) is 0.643. The minimum Gasteiger partial charge on any atom is -0.366 e. The highest BCUT2D eigenvalue weighted by atomic mass is 19.1. The number of piperazine rings is 1. The molecule has 0 atom stereocenters. The van der Waals surface area contributed by atoms with Gasteiger partial charge in [0.25, 0.3) is 5.91 Å². The molecule has 0 unspecified atom stereocenters. The van der Waals surface area contributed by atoms with Gasteiger partial charge in [0, 0.05) is 31.7 Å². The van der Waals surface area contributed by atoms with Crippen LogP contribution in [0.2, 0.25) is 0 Å². The zero-order valence-electron chi connectivity index (χ0n) is 13.5. The average molecular weight is 326 g/mol. The van der Waals surface area contributed by atoms with E-state index >= 15 is 0 Å². The molecule has 1 saturated heterocycles. The maximum atomic E-state index is 13.8. The molecule has 0 radical (unpaired) electrons. The second-order valence-electron chi connectivity index (χ2n) is 5.93. The van der Waals surface area contributed by atoms with Gasteiger partial charge in [0.1, 0.15) is 5.82 Å². The van der Waals surface area contributed by atoms with Crippen LogP contribution in [-0.2, 0) is 4.79 Å². The van der Waals surface area contributed by atoms with E-state index in [1.807, 2.05) is 24.0 Å². The van der Waals surface area contributed by atoms with Gasteiger partial charge in [0.15, 0.2) is 0 Å². The Hall–Kier alpha value is -2.69. The molecule has 0 bridgehead atoms. The van der Waals surface area contributed by atoms with Crippen LogP contribution in [0.5, 0.6) is 0 Å². The van der Waals surface area contributed by atoms with Gasteiger partial charge in [-0.3, -0.25) is 9.59 Å². The summed E-state index contributed by atoms with van der Waals surface area (Å²) in [5, 5.41) is 0. The molecule has 4 nitrogen and oxygen atoms in total. The normalized spacial score (nSPS) is 14.6. The number of rotatable bonds is 3. The van der Waals surface area contributed by atoms with Crippen molar-refractivity contribution in [2.75, 3.05) is 31.1 Å². The number of aryl methyl sites for hydroxylation is 1. The van der Waals surface area contributed by atoms with Crippen molar-refractivity contribution in [1.82, 2.24) is 4.90 Å². The first-order valence-corrected chi connectivity index (χ1v) is 7.96. The molecule has 124 valence electrons. The molecule has 0 N–H and O–H groups in total. The predicted molar refractivity (Wildman–Crippen MR) is 90.7 cm³/mol. The molecule has 1 aliphatic heterocycles. The topological polar surface area (TPSA) is 40.6 Å². The molecular formula is C19H19FN2O2. The Balaban J connectivity index is 1.64. The van der Waals surface area contributed by atoms with Crippen molar-refractivity contribution in [3.05, 3.63) is 65.5 Å². The van der Waals surface area contributed by atoms with E-state index in [4.69, 9.17) is 0 Å². The molecule has 1 fully saturated rings. The zero-order chi connectivity index (χ0) is 17.1. The van der Waals surface area contributed by atoms with E-state index in [0.717, 1.165) is 5.56 Å². The average Bonchev–Trinajstić information content (AvgIpc) is 2.62. The van der Waals surface area contributed by atoms with Crippen LogP contribution in [0.15, 0.2) is 48.5 Å². The summed E-state index contributed by atoms with van der Waals surface area (Å²) in [5.41, 5.74) is 1.98. The summed E-state index contributed by atoms with van der Waals surface area (Å²) in [6.45, 7) is 3.76. The zero-order valence-corrected chi connectivity index (χ0v) is 13.5. The Morgan fingerprint density at radius 3 is 2.17 bits per heavy atom. The molecule has 2 aromatic carbocycles. The Kier molecular flexibility index (Phi) is 4.60. The van der Waals surface area contributed by atoms with Crippen molar-refractivity contribution in [1.29, 1.82) is 0 Å². The van der Waals surface area contributed by atoms with E-state index in [1.165, 1.54) is 6.07 Å². The van der Waals surface area contributed by atoms with Crippen molar-refractivity contribution in [3.63, 3.8) is 0 Å². The van der Waals surface area contributed by atoms with Gasteiger partial charge >= 0.3 is 0 Å². The number of amides is 1. The fourth-order valence-corrected chi connectivity index (χ4v) is 2.83. The second kappa shape index (κ2) is 6.83. The number of nitrogens with zero attached hydrogens (tertiary/aromatic N) is 2. The van der Waals surface area contributed by atoms with Crippen LogP contribution in [0.25, 0.3) is 0 Å². The molecule has 3 rings (SSSR count). The molecule has 24 heavy (non-hydrogen) atoms. The summed E-state index contributed by atoms with van der Waals surface area (Å²) in [4.78, 5) is 28.1. The first-order chi connectivity index (χ1) is 11.6. The van der Waals surface area contributed by atoms with Gasteiger partial charge in [0.2, 0.25) is 5.78 Å². The molecule has 0 aliphatic carbocycles. The van der Waals surface area contributed by atoms with Crippen LogP contribution >= 0.6 is 0 Å². The third-order valence-electron chi connectivity index (χ3n) is 4.27. The number of hydrogen-bond acceptors (Lipinski definition) is 3. The van der Waals surface area contributed by atoms with Gasteiger partial charge < -0.3 is 9.80 Å². The number of anilines is 1. The molecule has 1 amide bonds. The Labute approximate surface area is 140 Å². The van der Waals surface area contributed by atoms with Crippen LogP contribution in [0.4, 0.5) is 10.1 Å². The lowest BCUT2D eigenvalue weighted by molar-refractivity contribution is -0.126. The molecular weight excluding hydrogens is 307 g/mol. The van der Waals surface area contributed by atoms with Crippen molar-refractivity contribution in [2.24, 2.45) is 0 Å². The fourth-order valence-electron chi connectivity index (χ4n) is 2.83. The Morgan fingerprint density at radius 2 is 1.54 bits per heavy atom. The third-order valence-corrected chi connectivity index (χ3v) is 4.27. The van der Waals surface area contributed by atoms with Crippen LogP contribution in [0, 0.1) is 12.7 Å². The second-order valence-corrected chi connectivity index (χ2v) is 5.93. The maximum absolute atomic E-state index is 13.8. The molecule has 1 heterocycles. The summed E-state index contributed by atoms with van der Waals surface area (Å²) in [7, 11) is 0. The largest absolute Gasteiger partial charge is 0.366 e. The summed E-state index contributed by atoms with van der Waals surface area (Å²) >= 11 is 0. The number of para-hydroxylation sites is 1. The van der Waals surface area contributed by atoms with E-state index in [-0.39, 0.29) is 5.82 Å². The minimum atomic E-state index is -0.493. The monoisotopic (exact) mass is 326 g/mol. The third kappa shape index (κ3) is 3.30. The Bertz CT molecular complexity index is 750. The van der Waals surface area contributed by atoms with Gasteiger partial charge in [0.05, 0.1) is 5.69 Å². The number of benzene rings is 2. The summed E-state index contributed by atoms with van der Waals surface area (Å²) < 4.78 is 13.8. The van der Waals surface area contributed by atoms with Crippen molar-refractivity contribution >= 4 is 17.4 Å². The molecule has 0 spiro atoms.